The van der Waals surface area contributed by atoms with Crippen LogP contribution in [0.5, 0.6) is 0 Å². The number of amides is 1. The third-order valence-electron chi connectivity index (χ3n) is 3.16. The summed E-state index contributed by atoms with van der Waals surface area (Å²) in [5.41, 5.74) is 6.09. The maximum absolute atomic E-state index is 12.2. The van der Waals surface area contributed by atoms with E-state index in [1.54, 1.807) is 11.0 Å². The Morgan fingerprint density at radius 1 is 1.56 bits per heavy atom. The van der Waals surface area contributed by atoms with Crippen LogP contribution in [-0.2, 0) is 0 Å². The van der Waals surface area contributed by atoms with Gasteiger partial charge < -0.3 is 20.3 Å². The van der Waals surface area contributed by atoms with E-state index in [9.17, 15) is 4.79 Å². The van der Waals surface area contributed by atoms with Crippen LogP contribution in [0.15, 0.2) is 26.6 Å². The van der Waals surface area contributed by atoms with Gasteiger partial charge in [-0.2, -0.15) is 0 Å². The van der Waals surface area contributed by atoms with E-state index in [1.807, 2.05) is 0 Å². The van der Waals surface area contributed by atoms with Gasteiger partial charge >= 0.3 is 0 Å². The van der Waals surface area contributed by atoms with Gasteiger partial charge in [-0.1, -0.05) is 5.16 Å². The molecular formula is C11H14BrN3O3. The molecule has 0 bridgehead atoms. The number of nitrogens with two attached hydrogens (primary N) is 1. The number of nitrogens with zero attached hydrogens (tertiary/aromatic N) is 2. The lowest BCUT2D eigenvalue weighted by Crippen LogP contribution is -2.41. The van der Waals surface area contributed by atoms with Crippen molar-refractivity contribution in [2.45, 2.75) is 12.8 Å². The molecule has 0 aromatic carbocycles. The molecule has 1 aromatic heterocycles. The largest absolute Gasteiger partial charge is 0.457 e. The van der Waals surface area contributed by atoms with Crippen molar-refractivity contribution in [3.63, 3.8) is 0 Å². The zero-order chi connectivity index (χ0) is 13.1. The molecule has 2 heterocycles. The van der Waals surface area contributed by atoms with Crippen LogP contribution in [0.4, 0.5) is 0 Å². The number of hydrogen-bond donors (Lipinski definition) is 2. The molecule has 1 aliphatic heterocycles. The highest BCUT2D eigenvalue weighted by Crippen LogP contribution is 2.23. The maximum atomic E-state index is 12.2. The Bertz CT molecular complexity index is 464. The number of carbonyl (C=O) groups is 1. The third-order valence-corrected chi connectivity index (χ3v) is 3.78. The minimum absolute atomic E-state index is 0.0480. The normalized spacial score (nSPS) is 18.1. The Morgan fingerprint density at radius 2 is 2.22 bits per heavy atom. The molecule has 1 amide bonds. The topological polar surface area (TPSA) is 92.1 Å². The number of hydrogen-bond acceptors (Lipinski definition) is 4. The van der Waals surface area contributed by atoms with E-state index in [4.69, 9.17) is 15.4 Å². The summed E-state index contributed by atoms with van der Waals surface area (Å²) in [6.45, 7) is 1.19. The number of piperidine rings is 1. The summed E-state index contributed by atoms with van der Waals surface area (Å²) in [5, 5.41) is 11.6. The monoisotopic (exact) mass is 315 g/mol. The molecule has 0 aliphatic carbocycles. The van der Waals surface area contributed by atoms with E-state index in [2.05, 4.69) is 21.1 Å². The van der Waals surface area contributed by atoms with Gasteiger partial charge in [0.2, 0.25) is 0 Å². The van der Waals surface area contributed by atoms with Gasteiger partial charge in [-0.3, -0.25) is 4.79 Å². The number of likely N-dealkylation sites (tertiary alicyclic amines) is 1. The lowest BCUT2D eigenvalue weighted by atomic mass is 9.95. The van der Waals surface area contributed by atoms with Gasteiger partial charge in [-0.25, -0.2) is 0 Å². The zero-order valence-electron chi connectivity index (χ0n) is 9.67. The molecule has 1 aromatic rings. The summed E-state index contributed by atoms with van der Waals surface area (Å²) in [5.74, 6) is 0.229. The number of rotatable bonds is 2. The van der Waals surface area contributed by atoms with Gasteiger partial charge in [0.25, 0.3) is 5.91 Å². The first-order valence-corrected chi connectivity index (χ1v) is 6.42. The van der Waals surface area contributed by atoms with Crippen LogP contribution in [0.25, 0.3) is 0 Å². The summed E-state index contributed by atoms with van der Waals surface area (Å²) < 4.78 is 5.50. The zero-order valence-corrected chi connectivity index (χ0v) is 11.3. The summed E-state index contributed by atoms with van der Waals surface area (Å²) in [4.78, 5) is 13.9. The minimum Gasteiger partial charge on any atom is -0.457 e. The van der Waals surface area contributed by atoms with E-state index in [1.165, 1.54) is 6.26 Å². The molecule has 7 heteroatoms. The van der Waals surface area contributed by atoms with Gasteiger partial charge in [0.15, 0.2) is 4.67 Å². The van der Waals surface area contributed by atoms with Crippen LogP contribution >= 0.6 is 15.9 Å². The van der Waals surface area contributed by atoms with Crippen LogP contribution in [0.3, 0.4) is 0 Å². The molecular weight excluding hydrogens is 302 g/mol. The highest BCUT2D eigenvalue weighted by Gasteiger charge is 2.27. The molecule has 0 radical (unpaired) electrons. The number of furan rings is 1. The first kappa shape index (κ1) is 12.9. The van der Waals surface area contributed by atoms with Crippen molar-refractivity contribution in [1.29, 1.82) is 0 Å². The minimum atomic E-state index is -0.0615. The summed E-state index contributed by atoms with van der Waals surface area (Å²) >= 11 is 3.19. The van der Waals surface area contributed by atoms with Gasteiger partial charge in [0, 0.05) is 19.0 Å². The Morgan fingerprint density at radius 3 is 2.72 bits per heavy atom. The van der Waals surface area contributed by atoms with E-state index < -0.39 is 0 Å². The van der Waals surface area contributed by atoms with Gasteiger partial charge in [-0.15, -0.1) is 0 Å². The summed E-state index contributed by atoms with van der Waals surface area (Å²) in [6, 6.07) is 1.64. The Kier molecular flexibility index (Phi) is 3.90. The summed E-state index contributed by atoms with van der Waals surface area (Å²) in [6.07, 6.45) is 2.88. The molecule has 18 heavy (non-hydrogen) atoms. The van der Waals surface area contributed by atoms with Crippen molar-refractivity contribution >= 4 is 27.7 Å². The fourth-order valence-corrected chi connectivity index (χ4v) is 2.49. The van der Waals surface area contributed by atoms with Crippen molar-refractivity contribution in [3.8, 4) is 0 Å². The van der Waals surface area contributed by atoms with Crippen molar-refractivity contribution in [2.24, 2.45) is 16.8 Å². The van der Waals surface area contributed by atoms with E-state index in [-0.39, 0.29) is 17.7 Å². The van der Waals surface area contributed by atoms with Crippen molar-refractivity contribution in [2.75, 3.05) is 13.1 Å². The van der Waals surface area contributed by atoms with E-state index in [0.717, 1.165) is 0 Å². The van der Waals surface area contributed by atoms with Crippen LogP contribution in [0.1, 0.15) is 23.2 Å². The van der Waals surface area contributed by atoms with E-state index >= 15 is 0 Å². The Labute approximate surface area is 113 Å². The number of oxime groups is 1. The molecule has 1 fully saturated rings. The van der Waals surface area contributed by atoms with E-state index in [0.29, 0.717) is 36.2 Å². The number of halogens is 1. The van der Waals surface area contributed by atoms with Crippen molar-refractivity contribution in [1.82, 2.24) is 4.90 Å². The van der Waals surface area contributed by atoms with Gasteiger partial charge in [-0.05, 0) is 34.8 Å². The lowest BCUT2D eigenvalue weighted by Gasteiger charge is -2.31. The predicted molar refractivity (Wildman–Crippen MR) is 68.4 cm³/mol. The molecule has 0 atom stereocenters. The van der Waals surface area contributed by atoms with Crippen LogP contribution in [-0.4, -0.2) is 34.9 Å². The predicted octanol–water partition coefficient (Wildman–Crippen LogP) is 1.64. The SMILES string of the molecule is N/C(=N/O)C1CCN(C(=O)c2ccoc2Br)CC1. The standard InChI is InChI=1S/C11H14BrN3O3/c12-9-8(3-6-18-9)11(16)15-4-1-7(2-5-15)10(13)14-17/h3,6-7,17H,1-2,4-5H2,(H2,13,14). The smallest absolute Gasteiger partial charge is 0.258 e. The van der Waals surface area contributed by atoms with Gasteiger partial charge in [0.1, 0.15) is 5.84 Å². The number of amidine groups is 1. The third kappa shape index (κ3) is 2.50. The Hall–Kier alpha value is -1.50. The molecule has 2 rings (SSSR count). The van der Waals surface area contributed by atoms with Crippen LogP contribution in [0, 0.1) is 5.92 Å². The highest BCUT2D eigenvalue weighted by molar-refractivity contribution is 9.10. The average molecular weight is 316 g/mol. The second-order valence-electron chi connectivity index (χ2n) is 4.20. The molecule has 0 spiro atoms. The van der Waals surface area contributed by atoms with Gasteiger partial charge in [0.05, 0.1) is 11.8 Å². The molecule has 3 N–H and O–H groups in total. The second-order valence-corrected chi connectivity index (χ2v) is 4.92. The molecule has 98 valence electrons. The second kappa shape index (κ2) is 5.43. The quantitative estimate of drug-likeness (QED) is 0.375. The first-order chi connectivity index (χ1) is 8.63. The fraction of sp³-hybridized carbons (Fsp3) is 0.455. The maximum Gasteiger partial charge on any atom is 0.258 e. The number of carbonyl (C=O) groups excluding carboxylic acids is 1. The molecule has 0 unspecified atom stereocenters. The van der Waals surface area contributed by atoms with Crippen LogP contribution in [0.2, 0.25) is 0 Å². The molecule has 1 saturated heterocycles. The fourth-order valence-electron chi connectivity index (χ4n) is 2.08. The van der Waals surface area contributed by atoms with Crippen molar-refractivity contribution in [3.05, 3.63) is 22.6 Å². The molecule has 6 nitrogen and oxygen atoms in total. The molecule has 1 aliphatic rings. The van der Waals surface area contributed by atoms with Crippen LogP contribution < -0.4 is 5.73 Å². The molecule has 0 saturated carbocycles. The average Bonchev–Trinajstić information content (AvgIpc) is 2.83. The summed E-state index contributed by atoms with van der Waals surface area (Å²) in [7, 11) is 0. The first-order valence-electron chi connectivity index (χ1n) is 5.63. The lowest BCUT2D eigenvalue weighted by molar-refractivity contribution is 0.0707. The highest BCUT2D eigenvalue weighted by atomic mass is 79.9. The Balaban J connectivity index is 1.98. The van der Waals surface area contributed by atoms with Crippen molar-refractivity contribution < 1.29 is 14.4 Å².